The van der Waals surface area contributed by atoms with Crippen molar-refractivity contribution < 1.29 is 28.5 Å². The molecular weight excluding hydrogens is 744 g/mol. The summed E-state index contributed by atoms with van der Waals surface area (Å²) in [5.41, 5.74) is 12.4. The molecule has 3 atom stereocenters. The highest BCUT2D eigenvalue weighted by atomic mass is 35.5. The van der Waals surface area contributed by atoms with E-state index in [1.165, 1.54) is 13.3 Å². The van der Waals surface area contributed by atoms with Crippen molar-refractivity contribution in [3.8, 4) is 0 Å². The number of halogens is 1. The first-order chi connectivity index (χ1) is 27.4. The van der Waals surface area contributed by atoms with E-state index in [1.807, 2.05) is 13.0 Å². The van der Waals surface area contributed by atoms with E-state index in [4.69, 9.17) is 36.3 Å². The molecular formula is C44H63ClN6O6. The first-order valence-electron chi connectivity index (χ1n) is 20.6. The topological polar surface area (TPSA) is 141 Å². The molecule has 0 aliphatic carbocycles. The monoisotopic (exact) mass is 806 g/mol. The Kier molecular flexibility index (Phi) is 16.7. The van der Waals surface area contributed by atoms with Crippen LogP contribution in [0.4, 0.5) is 28.6 Å². The minimum Gasteiger partial charge on any atom is -0.469 e. The Hall–Kier alpha value is -4.13. The number of carbonyl (C=O) groups is 2. The van der Waals surface area contributed by atoms with Crippen LogP contribution in [0.2, 0.25) is 5.15 Å². The van der Waals surface area contributed by atoms with Crippen LogP contribution < -0.4 is 20.9 Å². The van der Waals surface area contributed by atoms with Crippen LogP contribution in [-0.4, -0.2) is 87.2 Å². The van der Waals surface area contributed by atoms with E-state index in [-0.39, 0.29) is 42.2 Å². The Morgan fingerprint density at radius 2 is 1.40 bits per heavy atom. The maximum Gasteiger partial charge on any atom is 0.306 e. The summed E-state index contributed by atoms with van der Waals surface area (Å²) in [4.78, 5) is 38.7. The number of benzene rings is 2. The van der Waals surface area contributed by atoms with Crippen molar-refractivity contribution in [2.24, 2.45) is 11.8 Å². The van der Waals surface area contributed by atoms with Crippen LogP contribution in [-0.2, 0) is 28.5 Å². The fraction of sp³-hybridized carbons (Fsp3) is 0.591. The van der Waals surface area contributed by atoms with Gasteiger partial charge in [0, 0.05) is 51.6 Å². The summed E-state index contributed by atoms with van der Waals surface area (Å²) < 4.78 is 22.1. The van der Waals surface area contributed by atoms with Gasteiger partial charge in [0.15, 0.2) is 0 Å². The normalized spacial score (nSPS) is 16.8. The molecule has 0 radical (unpaired) electrons. The van der Waals surface area contributed by atoms with Crippen LogP contribution in [0.5, 0.6) is 0 Å². The van der Waals surface area contributed by atoms with Gasteiger partial charge in [0.05, 0.1) is 61.7 Å². The number of nitrogens with two attached hydrogens (primary N) is 1. The van der Waals surface area contributed by atoms with Crippen molar-refractivity contribution in [1.82, 2.24) is 9.97 Å². The zero-order valence-corrected chi connectivity index (χ0v) is 35.4. The third-order valence-electron chi connectivity index (χ3n) is 11.1. The lowest BCUT2D eigenvalue weighted by molar-refractivity contribution is -0.144. The molecule has 3 aromatic rings. The second-order valence-corrected chi connectivity index (χ2v) is 16.6. The summed E-state index contributed by atoms with van der Waals surface area (Å²) in [6.07, 6.45) is 8.19. The third kappa shape index (κ3) is 12.9. The summed E-state index contributed by atoms with van der Waals surface area (Å²) >= 11 is 6.05. The number of aromatic nitrogens is 2. The molecule has 1 aromatic heterocycles. The minimum absolute atomic E-state index is 0.00816. The number of anilines is 5. The largest absolute Gasteiger partial charge is 0.469 e. The lowest BCUT2D eigenvalue weighted by atomic mass is 9.95. The molecule has 2 aliphatic heterocycles. The van der Waals surface area contributed by atoms with E-state index < -0.39 is 0 Å². The first kappa shape index (κ1) is 44.0. The molecule has 13 heteroatoms. The number of nitrogen functional groups attached to an aromatic ring is 1. The number of esters is 2. The fourth-order valence-electron chi connectivity index (χ4n) is 7.82. The van der Waals surface area contributed by atoms with Gasteiger partial charge in [-0.05, 0) is 91.2 Å². The van der Waals surface area contributed by atoms with Gasteiger partial charge in [-0.25, -0.2) is 9.97 Å². The van der Waals surface area contributed by atoms with Crippen LogP contribution >= 0.6 is 11.6 Å². The Labute approximate surface area is 344 Å². The van der Waals surface area contributed by atoms with Crippen molar-refractivity contribution in [3.63, 3.8) is 0 Å². The third-order valence-corrected chi connectivity index (χ3v) is 11.3. The highest BCUT2D eigenvalue weighted by Crippen LogP contribution is 2.37. The predicted molar refractivity (Wildman–Crippen MR) is 228 cm³/mol. The van der Waals surface area contributed by atoms with Crippen molar-refractivity contribution in [1.29, 1.82) is 0 Å². The smallest absolute Gasteiger partial charge is 0.306 e. The Balaban J connectivity index is 1.22. The molecule has 312 valence electrons. The number of carbonyl (C=O) groups excluding carboxylic acids is 2. The SMILES string of the molecule is COC(=O)CC(C)c1ccc(N(CC(C)CCOC(=O)CC(C)c2ccc(N(CC(C)C)C3CCOCC3)c(Nc3cnc(Cl)cn3)c2)C2CCOCC2)c(N)c1. The number of methoxy groups -OCH3 is 1. The van der Waals surface area contributed by atoms with Gasteiger partial charge in [-0.15, -0.1) is 0 Å². The van der Waals surface area contributed by atoms with Gasteiger partial charge in [-0.2, -0.15) is 0 Å². The molecule has 57 heavy (non-hydrogen) atoms. The van der Waals surface area contributed by atoms with E-state index in [1.54, 1.807) is 6.20 Å². The standard InChI is InChI=1S/C44H63ClN6O6/c1-29(2)27-50(35-12-16-55-17-13-35)40-10-8-34(24-38(40)49-42-26-47-41(45)25-48-42)32(5)22-44(53)57-20-11-30(3)28-51(36-14-18-56-19-15-36)39-9-7-33(23-37(39)46)31(4)21-43(52)54-6/h7-10,23-26,29-32,35-36H,11-22,27-28,46H2,1-6H3,(H,48,49). The Morgan fingerprint density at radius 3 is 1.96 bits per heavy atom. The molecule has 2 aliphatic rings. The average molecular weight is 807 g/mol. The van der Waals surface area contributed by atoms with Crippen LogP contribution in [0, 0.1) is 11.8 Å². The van der Waals surface area contributed by atoms with Gasteiger partial charge in [0.1, 0.15) is 11.0 Å². The molecule has 5 rings (SSSR count). The van der Waals surface area contributed by atoms with Gasteiger partial charge >= 0.3 is 11.9 Å². The van der Waals surface area contributed by atoms with Crippen LogP contribution in [0.1, 0.15) is 103 Å². The van der Waals surface area contributed by atoms with Crippen LogP contribution in [0.25, 0.3) is 0 Å². The number of hydrogen-bond acceptors (Lipinski definition) is 12. The van der Waals surface area contributed by atoms with E-state index in [9.17, 15) is 9.59 Å². The Bertz CT molecular complexity index is 1730. The molecule has 3 heterocycles. The van der Waals surface area contributed by atoms with Gasteiger partial charge in [-0.3, -0.25) is 9.59 Å². The van der Waals surface area contributed by atoms with Gasteiger partial charge in [-0.1, -0.05) is 58.4 Å². The predicted octanol–water partition coefficient (Wildman–Crippen LogP) is 8.51. The number of rotatable bonds is 19. The highest BCUT2D eigenvalue weighted by Gasteiger charge is 2.28. The first-order valence-corrected chi connectivity index (χ1v) is 21.0. The molecule has 2 aromatic carbocycles. The molecule has 0 amide bonds. The number of nitrogens with one attached hydrogen (secondary N) is 1. The summed E-state index contributed by atoms with van der Waals surface area (Å²) in [6.45, 7) is 15.6. The van der Waals surface area contributed by atoms with Crippen molar-refractivity contribution in [2.75, 3.05) is 74.1 Å². The average Bonchev–Trinajstić information content (AvgIpc) is 3.20. The van der Waals surface area contributed by atoms with E-state index in [0.29, 0.717) is 54.9 Å². The van der Waals surface area contributed by atoms with Crippen LogP contribution in [0.15, 0.2) is 48.8 Å². The zero-order valence-electron chi connectivity index (χ0n) is 34.7. The number of hydrogen-bond donors (Lipinski definition) is 2. The molecule has 0 spiro atoms. The summed E-state index contributed by atoms with van der Waals surface area (Å²) in [5.74, 6) is 0.736. The van der Waals surface area contributed by atoms with Crippen LogP contribution in [0.3, 0.4) is 0 Å². The van der Waals surface area contributed by atoms with E-state index >= 15 is 0 Å². The van der Waals surface area contributed by atoms with Crippen molar-refractivity contribution >= 4 is 52.1 Å². The Morgan fingerprint density at radius 1 is 0.825 bits per heavy atom. The lowest BCUT2D eigenvalue weighted by Crippen LogP contribution is -2.42. The second kappa shape index (κ2) is 21.6. The molecule has 3 unspecified atom stereocenters. The summed E-state index contributed by atoms with van der Waals surface area (Å²) in [5, 5.41) is 3.83. The van der Waals surface area contributed by atoms with Crippen molar-refractivity contribution in [3.05, 3.63) is 65.1 Å². The van der Waals surface area contributed by atoms with Gasteiger partial charge < -0.3 is 39.8 Å². The van der Waals surface area contributed by atoms with Gasteiger partial charge in [0.2, 0.25) is 0 Å². The van der Waals surface area contributed by atoms with E-state index in [0.717, 1.165) is 86.6 Å². The van der Waals surface area contributed by atoms with Crippen molar-refractivity contribution in [2.45, 2.75) is 103 Å². The van der Waals surface area contributed by atoms with Gasteiger partial charge in [0.25, 0.3) is 0 Å². The summed E-state index contributed by atoms with van der Waals surface area (Å²) in [6, 6.07) is 13.2. The summed E-state index contributed by atoms with van der Waals surface area (Å²) in [7, 11) is 1.41. The molecule has 0 bridgehead atoms. The molecule has 0 saturated carbocycles. The quantitative estimate of drug-likeness (QED) is 0.0886. The lowest BCUT2D eigenvalue weighted by Gasteiger charge is -2.38. The maximum absolute atomic E-state index is 13.3. The molecule has 2 saturated heterocycles. The minimum atomic E-state index is -0.241. The molecule has 12 nitrogen and oxygen atoms in total. The zero-order chi connectivity index (χ0) is 40.9. The molecule has 3 N–H and O–H groups in total. The van der Waals surface area contributed by atoms with E-state index in [2.05, 4.69) is 83.1 Å². The fourth-order valence-corrected chi connectivity index (χ4v) is 7.92. The maximum atomic E-state index is 13.3. The molecule has 2 fully saturated rings. The number of nitrogens with zero attached hydrogens (tertiary/aromatic N) is 4. The highest BCUT2D eigenvalue weighted by molar-refractivity contribution is 6.29. The number of ether oxygens (including phenoxy) is 4. The second-order valence-electron chi connectivity index (χ2n) is 16.2.